The maximum Gasteiger partial charge on any atom is 0.331 e. The van der Waals surface area contributed by atoms with Gasteiger partial charge in [-0.1, -0.05) is 29.3 Å². The highest BCUT2D eigenvalue weighted by Gasteiger charge is 2.42. The summed E-state index contributed by atoms with van der Waals surface area (Å²) < 4.78 is 13.3. The standard InChI is InChI=1S/C15H12ClFO4/c1-8-4-9(13(18)19)7-15(6-8,14(20)21)10-2-3-12(17)11(16)5-10/h2-6H,7H2,1H3,(H,18,19)(H,20,21). The molecule has 0 spiro atoms. The Bertz CT molecular complexity index is 693. The van der Waals surface area contributed by atoms with E-state index in [2.05, 4.69) is 0 Å². The lowest BCUT2D eigenvalue weighted by molar-refractivity contribution is -0.142. The van der Waals surface area contributed by atoms with Crippen molar-refractivity contribution < 1.29 is 24.2 Å². The van der Waals surface area contributed by atoms with E-state index in [1.807, 2.05) is 0 Å². The van der Waals surface area contributed by atoms with Crippen LogP contribution in [0.5, 0.6) is 0 Å². The highest BCUT2D eigenvalue weighted by atomic mass is 35.5. The molecule has 0 saturated heterocycles. The van der Waals surface area contributed by atoms with Gasteiger partial charge in [0.05, 0.1) is 5.02 Å². The van der Waals surface area contributed by atoms with Crippen LogP contribution in [0, 0.1) is 5.82 Å². The zero-order valence-corrected chi connectivity index (χ0v) is 11.8. The van der Waals surface area contributed by atoms with E-state index in [1.165, 1.54) is 24.3 Å². The molecule has 0 bridgehead atoms. The maximum absolute atomic E-state index is 13.3. The predicted octanol–water partition coefficient (Wildman–Crippen LogP) is 3.16. The van der Waals surface area contributed by atoms with Gasteiger partial charge in [0.1, 0.15) is 11.2 Å². The minimum Gasteiger partial charge on any atom is -0.480 e. The number of carbonyl (C=O) groups is 2. The molecule has 0 radical (unpaired) electrons. The fourth-order valence-corrected chi connectivity index (χ4v) is 2.65. The quantitative estimate of drug-likeness (QED) is 0.899. The first-order chi connectivity index (χ1) is 9.76. The van der Waals surface area contributed by atoms with Crippen LogP contribution in [0.25, 0.3) is 0 Å². The number of hydrogen-bond donors (Lipinski definition) is 2. The molecule has 0 fully saturated rings. The third kappa shape index (κ3) is 2.69. The summed E-state index contributed by atoms with van der Waals surface area (Å²) in [7, 11) is 0. The number of allylic oxidation sites excluding steroid dienone is 2. The van der Waals surface area contributed by atoms with Gasteiger partial charge < -0.3 is 10.2 Å². The van der Waals surface area contributed by atoms with Crippen molar-refractivity contribution in [1.82, 2.24) is 0 Å². The predicted molar refractivity (Wildman–Crippen MR) is 74.8 cm³/mol. The molecular formula is C15H12ClFO4. The SMILES string of the molecule is CC1=CC(C(=O)O)(c2ccc(F)c(Cl)c2)CC(C(=O)O)=C1. The van der Waals surface area contributed by atoms with Crippen LogP contribution in [0.15, 0.2) is 41.5 Å². The summed E-state index contributed by atoms with van der Waals surface area (Å²) in [5.41, 5.74) is -0.823. The number of benzene rings is 1. The molecule has 2 rings (SSSR count). The van der Waals surface area contributed by atoms with Crippen molar-refractivity contribution in [3.05, 3.63) is 57.9 Å². The molecule has 0 amide bonds. The Balaban J connectivity index is 2.63. The molecule has 0 aliphatic heterocycles. The second-order valence-corrected chi connectivity index (χ2v) is 5.35. The Morgan fingerprint density at radius 3 is 2.52 bits per heavy atom. The highest BCUT2D eigenvalue weighted by molar-refractivity contribution is 6.30. The van der Waals surface area contributed by atoms with Crippen molar-refractivity contribution in [2.75, 3.05) is 0 Å². The Hall–Kier alpha value is -2.14. The normalized spacial score (nSPS) is 21.5. The first kappa shape index (κ1) is 15.3. The van der Waals surface area contributed by atoms with Crippen LogP contribution in [0.4, 0.5) is 4.39 Å². The van der Waals surface area contributed by atoms with E-state index in [1.54, 1.807) is 6.92 Å². The van der Waals surface area contributed by atoms with Gasteiger partial charge in [0, 0.05) is 12.0 Å². The van der Waals surface area contributed by atoms with Crippen molar-refractivity contribution in [1.29, 1.82) is 0 Å². The third-order valence-electron chi connectivity index (χ3n) is 3.44. The molecule has 21 heavy (non-hydrogen) atoms. The number of halogens is 2. The Kier molecular flexibility index (Phi) is 3.87. The van der Waals surface area contributed by atoms with E-state index in [4.69, 9.17) is 16.7 Å². The van der Waals surface area contributed by atoms with E-state index >= 15 is 0 Å². The molecule has 0 aromatic heterocycles. The van der Waals surface area contributed by atoms with E-state index in [0.717, 1.165) is 6.07 Å². The number of aliphatic carboxylic acids is 2. The average Bonchev–Trinajstić information content (AvgIpc) is 2.40. The van der Waals surface area contributed by atoms with Crippen molar-refractivity contribution >= 4 is 23.5 Å². The first-order valence-corrected chi connectivity index (χ1v) is 6.46. The molecule has 1 aliphatic rings. The van der Waals surface area contributed by atoms with Crippen molar-refractivity contribution in [3.63, 3.8) is 0 Å². The Labute approximate surface area is 125 Å². The van der Waals surface area contributed by atoms with Crippen LogP contribution >= 0.6 is 11.6 Å². The lowest BCUT2D eigenvalue weighted by atomic mass is 9.71. The molecule has 4 nitrogen and oxygen atoms in total. The molecule has 110 valence electrons. The second-order valence-electron chi connectivity index (χ2n) is 4.95. The first-order valence-electron chi connectivity index (χ1n) is 6.08. The maximum atomic E-state index is 13.3. The topological polar surface area (TPSA) is 74.6 Å². The summed E-state index contributed by atoms with van der Waals surface area (Å²) in [5.74, 6) is -3.05. The van der Waals surface area contributed by atoms with E-state index < -0.39 is 23.2 Å². The van der Waals surface area contributed by atoms with Gasteiger partial charge >= 0.3 is 11.9 Å². The largest absolute Gasteiger partial charge is 0.480 e. The van der Waals surface area contributed by atoms with Gasteiger partial charge in [0.25, 0.3) is 0 Å². The molecule has 2 N–H and O–H groups in total. The lowest BCUT2D eigenvalue weighted by Gasteiger charge is -2.30. The molecule has 1 aliphatic carbocycles. The molecule has 6 heteroatoms. The fraction of sp³-hybridized carbons (Fsp3) is 0.200. The minimum absolute atomic E-state index is 0.0159. The van der Waals surface area contributed by atoms with Crippen LogP contribution in [-0.2, 0) is 15.0 Å². The van der Waals surface area contributed by atoms with E-state index in [0.29, 0.717) is 5.57 Å². The van der Waals surface area contributed by atoms with Gasteiger partial charge in [0.15, 0.2) is 0 Å². The molecule has 1 aromatic rings. The summed E-state index contributed by atoms with van der Waals surface area (Å²) in [6, 6.07) is 3.60. The van der Waals surface area contributed by atoms with Crippen LogP contribution in [0.2, 0.25) is 5.02 Å². The number of hydrogen-bond acceptors (Lipinski definition) is 2. The van der Waals surface area contributed by atoms with Gasteiger partial charge in [-0.3, -0.25) is 4.79 Å². The monoisotopic (exact) mass is 310 g/mol. The van der Waals surface area contributed by atoms with Gasteiger partial charge in [-0.15, -0.1) is 0 Å². The third-order valence-corrected chi connectivity index (χ3v) is 3.73. The average molecular weight is 311 g/mol. The van der Waals surface area contributed by atoms with Gasteiger partial charge in [0.2, 0.25) is 0 Å². The van der Waals surface area contributed by atoms with Crippen molar-refractivity contribution in [2.45, 2.75) is 18.8 Å². The highest BCUT2D eigenvalue weighted by Crippen LogP contribution is 2.39. The van der Waals surface area contributed by atoms with E-state index in [-0.39, 0.29) is 22.6 Å². The fourth-order valence-electron chi connectivity index (χ4n) is 2.46. The Morgan fingerprint density at radius 2 is 2.00 bits per heavy atom. The number of carboxylic acid groups (broad SMARTS) is 2. The molecule has 1 atom stereocenters. The number of rotatable bonds is 3. The summed E-state index contributed by atoms with van der Waals surface area (Å²) in [4.78, 5) is 23.0. The molecule has 0 heterocycles. The van der Waals surface area contributed by atoms with Crippen LogP contribution in [0.3, 0.4) is 0 Å². The van der Waals surface area contributed by atoms with Gasteiger partial charge in [-0.05, 0) is 30.7 Å². The second kappa shape index (κ2) is 5.33. The molecule has 1 unspecified atom stereocenters. The summed E-state index contributed by atoms with van der Waals surface area (Å²) in [6.07, 6.45) is 2.66. The molecule has 1 aromatic carbocycles. The Morgan fingerprint density at radius 1 is 1.33 bits per heavy atom. The van der Waals surface area contributed by atoms with Gasteiger partial charge in [-0.25, -0.2) is 9.18 Å². The van der Waals surface area contributed by atoms with Gasteiger partial charge in [-0.2, -0.15) is 0 Å². The lowest BCUT2D eigenvalue weighted by Crippen LogP contribution is -2.37. The smallest absolute Gasteiger partial charge is 0.331 e. The minimum atomic E-state index is -1.57. The van der Waals surface area contributed by atoms with Crippen molar-refractivity contribution in [2.24, 2.45) is 0 Å². The zero-order chi connectivity index (χ0) is 15.8. The van der Waals surface area contributed by atoms with Crippen LogP contribution < -0.4 is 0 Å². The van der Waals surface area contributed by atoms with Crippen LogP contribution in [-0.4, -0.2) is 22.2 Å². The summed E-state index contributed by atoms with van der Waals surface area (Å²) in [6.45, 7) is 1.62. The number of carboxylic acids is 2. The molecule has 0 saturated carbocycles. The zero-order valence-electron chi connectivity index (χ0n) is 11.1. The van der Waals surface area contributed by atoms with Crippen LogP contribution in [0.1, 0.15) is 18.9 Å². The molecular weight excluding hydrogens is 299 g/mol. The van der Waals surface area contributed by atoms with Crippen molar-refractivity contribution in [3.8, 4) is 0 Å². The van der Waals surface area contributed by atoms with E-state index in [9.17, 15) is 19.1 Å². The summed E-state index contributed by atoms with van der Waals surface area (Å²) >= 11 is 5.72. The summed E-state index contributed by atoms with van der Waals surface area (Å²) in [5, 5.41) is 18.6.